The van der Waals surface area contributed by atoms with Crippen LogP contribution in [0.25, 0.3) is 0 Å². The molecule has 0 radical (unpaired) electrons. The molecule has 0 aromatic heterocycles. The molecule has 0 aliphatic carbocycles. The molecular formula is C15H14N2O2. The molecule has 2 aromatic carbocycles. The first-order valence-corrected chi connectivity index (χ1v) is 5.76. The van der Waals surface area contributed by atoms with Crippen molar-refractivity contribution in [3.05, 3.63) is 47.5 Å². The van der Waals surface area contributed by atoms with E-state index in [2.05, 4.69) is 6.07 Å². The van der Waals surface area contributed by atoms with Crippen LogP contribution < -0.4 is 15.2 Å². The Morgan fingerprint density at radius 3 is 2.47 bits per heavy atom. The highest BCUT2D eigenvalue weighted by atomic mass is 16.5. The van der Waals surface area contributed by atoms with Crippen molar-refractivity contribution < 1.29 is 9.47 Å². The van der Waals surface area contributed by atoms with Crippen LogP contribution in [0.4, 0.5) is 5.69 Å². The first-order chi connectivity index (χ1) is 9.13. The third-order valence-electron chi connectivity index (χ3n) is 2.78. The Balaban J connectivity index is 2.36. The molecule has 0 bridgehead atoms. The van der Waals surface area contributed by atoms with Gasteiger partial charge in [0.1, 0.15) is 23.3 Å². The molecule has 19 heavy (non-hydrogen) atoms. The van der Waals surface area contributed by atoms with Crippen LogP contribution >= 0.6 is 0 Å². The molecule has 0 spiro atoms. The summed E-state index contributed by atoms with van der Waals surface area (Å²) in [5, 5.41) is 9.07. The van der Waals surface area contributed by atoms with Gasteiger partial charge in [0.2, 0.25) is 0 Å². The Hall–Kier alpha value is -2.67. The third-order valence-corrected chi connectivity index (χ3v) is 2.78. The molecule has 0 heterocycles. The molecule has 0 amide bonds. The first kappa shape index (κ1) is 12.8. The lowest BCUT2D eigenvalue weighted by Crippen LogP contribution is -1.93. The number of nitrogen functional groups attached to an aromatic ring is 1. The monoisotopic (exact) mass is 254 g/mol. The SMILES string of the molecule is COc1ccc(C#N)c(Oc2ccc(N)c(C)c2)c1. The maximum atomic E-state index is 9.07. The normalized spacial score (nSPS) is 9.74. The number of rotatable bonds is 3. The van der Waals surface area contributed by atoms with E-state index in [-0.39, 0.29) is 0 Å². The van der Waals surface area contributed by atoms with Crippen LogP contribution in [0.1, 0.15) is 11.1 Å². The maximum absolute atomic E-state index is 9.07. The fraction of sp³-hybridized carbons (Fsp3) is 0.133. The molecule has 2 N–H and O–H groups in total. The van der Waals surface area contributed by atoms with Crippen LogP contribution in [0, 0.1) is 18.3 Å². The van der Waals surface area contributed by atoms with Gasteiger partial charge in [-0.25, -0.2) is 0 Å². The molecule has 0 saturated carbocycles. The van der Waals surface area contributed by atoms with E-state index < -0.39 is 0 Å². The molecule has 96 valence electrons. The highest BCUT2D eigenvalue weighted by Crippen LogP contribution is 2.30. The summed E-state index contributed by atoms with van der Waals surface area (Å²) >= 11 is 0. The summed E-state index contributed by atoms with van der Waals surface area (Å²) in [6.45, 7) is 1.90. The highest BCUT2D eigenvalue weighted by molar-refractivity contribution is 5.53. The van der Waals surface area contributed by atoms with Crippen LogP contribution in [0.15, 0.2) is 36.4 Å². The van der Waals surface area contributed by atoms with Gasteiger partial charge in [-0.1, -0.05) is 0 Å². The van der Waals surface area contributed by atoms with Crippen LogP contribution in [-0.2, 0) is 0 Å². The predicted molar refractivity (Wildman–Crippen MR) is 73.4 cm³/mol. The zero-order valence-electron chi connectivity index (χ0n) is 10.8. The summed E-state index contributed by atoms with van der Waals surface area (Å²) in [7, 11) is 1.57. The Morgan fingerprint density at radius 1 is 1.11 bits per heavy atom. The second-order valence-electron chi connectivity index (χ2n) is 4.09. The highest BCUT2D eigenvalue weighted by Gasteiger charge is 2.07. The third kappa shape index (κ3) is 2.78. The van der Waals surface area contributed by atoms with E-state index in [1.54, 1.807) is 37.4 Å². The van der Waals surface area contributed by atoms with Gasteiger partial charge in [0.05, 0.1) is 12.7 Å². The summed E-state index contributed by atoms with van der Waals surface area (Å²) in [6, 6.07) is 12.5. The molecule has 0 aliphatic rings. The number of ether oxygens (including phenoxy) is 2. The number of nitrogens with zero attached hydrogens (tertiary/aromatic N) is 1. The number of hydrogen-bond acceptors (Lipinski definition) is 4. The Labute approximate surface area is 112 Å². The number of aryl methyl sites for hydroxylation is 1. The summed E-state index contributed by atoms with van der Waals surface area (Å²) in [5.41, 5.74) is 7.85. The van der Waals surface area contributed by atoms with E-state index in [9.17, 15) is 0 Å². The van der Waals surface area contributed by atoms with Crippen molar-refractivity contribution in [3.8, 4) is 23.3 Å². The Kier molecular flexibility index (Phi) is 3.58. The molecular weight excluding hydrogens is 240 g/mol. The van der Waals surface area contributed by atoms with E-state index in [0.29, 0.717) is 28.5 Å². The van der Waals surface area contributed by atoms with Crippen molar-refractivity contribution in [3.63, 3.8) is 0 Å². The standard InChI is InChI=1S/C15H14N2O2/c1-10-7-13(5-6-14(10)17)19-15-8-12(18-2)4-3-11(15)9-16/h3-8H,17H2,1-2H3. The number of hydrogen-bond donors (Lipinski definition) is 1. The topological polar surface area (TPSA) is 68.3 Å². The van der Waals surface area contributed by atoms with Gasteiger partial charge in [0.25, 0.3) is 0 Å². The number of anilines is 1. The number of methoxy groups -OCH3 is 1. The number of nitriles is 1. The fourth-order valence-corrected chi connectivity index (χ4v) is 1.65. The van der Waals surface area contributed by atoms with Crippen molar-refractivity contribution in [1.82, 2.24) is 0 Å². The van der Waals surface area contributed by atoms with E-state index in [4.69, 9.17) is 20.5 Å². The average Bonchev–Trinajstić information content (AvgIpc) is 2.43. The summed E-state index contributed by atoms with van der Waals surface area (Å²) in [4.78, 5) is 0. The van der Waals surface area contributed by atoms with Gasteiger partial charge in [-0.2, -0.15) is 5.26 Å². The lowest BCUT2D eigenvalue weighted by atomic mass is 10.2. The smallest absolute Gasteiger partial charge is 0.148 e. The minimum absolute atomic E-state index is 0.454. The van der Waals surface area contributed by atoms with Gasteiger partial charge < -0.3 is 15.2 Å². The van der Waals surface area contributed by atoms with Gasteiger partial charge in [0.15, 0.2) is 0 Å². The molecule has 0 saturated heterocycles. The molecule has 2 rings (SSSR count). The van der Waals surface area contributed by atoms with E-state index in [1.807, 2.05) is 13.0 Å². The molecule has 0 aliphatic heterocycles. The van der Waals surface area contributed by atoms with Crippen molar-refractivity contribution in [2.45, 2.75) is 6.92 Å². The fourth-order valence-electron chi connectivity index (χ4n) is 1.65. The van der Waals surface area contributed by atoms with Crippen LogP contribution in [0.5, 0.6) is 17.2 Å². The molecule has 2 aromatic rings. The van der Waals surface area contributed by atoms with Gasteiger partial charge in [0, 0.05) is 11.8 Å². The van der Waals surface area contributed by atoms with E-state index in [0.717, 1.165) is 5.56 Å². The zero-order valence-corrected chi connectivity index (χ0v) is 10.8. The van der Waals surface area contributed by atoms with Gasteiger partial charge in [-0.3, -0.25) is 0 Å². The van der Waals surface area contributed by atoms with E-state index in [1.165, 1.54) is 0 Å². The first-order valence-electron chi connectivity index (χ1n) is 5.76. The van der Waals surface area contributed by atoms with Crippen molar-refractivity contribution in [1.29, 1.82) is 5.26 Å². The van der Waals surface area contributed by atoms with Gasteiger partial charge in [-0.15, -0.1) is 0 Å². The lowest BCUT2D eigenvalue weighted by molar-refractivity contribution is 0.409. The van der Waals surface area contributed by atoms with Gasteiger partial charge in [-0.05, 0) is 42.8 Å². The van der Waals surface area contributed by atoms with Crippen molar-refractivity contribution >= 4 is 5.69 Å². The minimum Gasteiger partial charge on any atom is -0.497 e. The van der Waals surface area contributed by atoms with Crippen molar-refractivity contribution in [2.75, 3.05) is 12.8 Å². The Morgan fingerprint density at radius 2 is 1.84 bits per heavy atom. The van der Waals surface area contributed by atoms with Gasteiger partial charge >= 0.3 is 0 Å². The quantitative estimate of drug-likeness (QED) is 0.854. The summed E-state index contributed by atoms with van der Waals surface area (Å²) in [5.74, 6) is 1.74. The largest absolute Gasteiger partial charge is 0.497 e. The molecule has 0 unspecified atom stereocenters. The molecule has 4 heteroatoms. The van der Waals surface area contributed by atoms with Crippen LogP contribution in [0.3, 0.4) is 0 Å². The second kappa shape index (κ2) is 5.32. The van der Waals surface area contributed by atoms with Crippen LogP contribution in [0.2, 0.25) is 0 Å². The van der Waals surface area contributed by atoms with Crippen LogP contribution in [-0.4, -0.2) is 7.11 Å². The molecule has 0 fully saturated rings. The maximum Gasteiger partial charge on any atom is 0.148 e. The van der Waals surface area contributed by atoms with E-state index >= 15 is 0 Å². The lowest BCUT2D eigenvalue weighted by Gasteiger charge is -2.10. The average molecular weight is 254 g/mol. The number of benzene rings is 2. The summed E-state index contributed by atoms with van der Waals surface area (Å²) in [6.07, 6.45) is 0. The molecule has 4 nitrogen and oxygen atoms in total. The second-order valence-corrected chi connectivity index (χ2v) is 4.09. The molecule has 0 atom stereocenters. The number of nitrogens with two attached hydrogens (primary N) is 1. The Bertz CT molecular complexity index is 645. The van der Waals surface area contributed by atoms with Crippen molar-refractivity contribution in [2.24, 2.45) is 0 Å². The zero-order chi connectivity index (χ0) is 13.8. The minimum atomic E-state index is 0.454. The predicted octanol–water partition coefficient (Wildman–Crippen LogP) is 3.25. The summed E-state index contributed by atoms with van der Waals surface area (Å²) < 4.78 is 10.8.